The molecule has 0 aliphatic rings. The van der Waals surface area contributed by atoms with E-state index in [0.717, 1.165) is 11.4 Å². The van der Waals surface area contributed by atoms with E-state index in [1.54, 1.807) is 0 Å². The number of nitrogens with zero attached hydrogens (tertiary/aromatic N) is 4. The monoisotopic (exact) mass is 906 g/mol. The number of fused-ring (bicyclic) bond motifs is 12. The van der Waals surface area contributed by atoms with Crippen molar-refractivity contribution < 1.29 is 0 Å². The van der Waals surface area contributed by atoms with E-state index < -0.39 is 0 Å². The minimum Gasteiger partial charge on any atom is -0.310 e. The third-order valence-electron chi connectivity index (χ3n) is 16.8. The first-order chi connectivity index (χ1) is 33.7. The standard InChI is InChI=1S/C66H58N4/c1-35-23-43(9)60(30-36(35)2)68(51-28-41(7)46(12)42(8)29-51)48-20-22-53-55-16-14-18-57-59-33-63-58(34-64(59)70(66(55)57)62(53)32-48)56-17-13-15-54-52-21-19-47(31-61(52)69(63)65(54)56)67(49-24-37(3)44(10)38(4)25-49)50-26-39(5)45(11)40(6)27-50/h13-34H,1-12H3. The quantitative estimate of drug-likeness (QED) is 0.165. The van der Waals surface area contributed by atoms with Gasteiger partial charge in [0.2, 0.25) is 0 Å². The van der Waals surface area contributed by atoms with Crippen LogP contribution in [0.2, 0.25) is 0 Å². The van der Waals surface area contributed by atoms with Gasteiger partial charge < -0.3 is 18.6 Å². The van der Waals surface area contributed by atoms with Crippen LogP contribution in [0.1, 0.15) is 66.8 Å². The summed E-state index contributed by atoms with van der Waals surface area (Å²) in [6.07, 6.45) is 0. The van der Waals surface area contributed by atoms with Crippen LogP contribution in [0.4, 0.5) is 34.1 Å². The fourth-order valence-corrected chi connectivity index (χ4v) is 12.2. The van der Waals surface area contributed by atoms with Crippen molar-refractivity contribution in [3.63, 3.8) is 0 Å². The molecule has 70 heavy (non-hydrogen) atoms. The predicted molar refractivity (Wildman–Crippen MR) is 302 cm³/mol. The Balaban J connectivity index is 1.07. The van der Waals surface area contributed by atoms with E-state index in [1.807, 2.05) is 0 Å². The van der Waals surface area contributed by atoms with Crippen LogP contribution in [0.15, 0.2) is 133 Å². The van der Waals surface area contributed by atoms with Crippen LogP contribution in [0.25, 0.3) is 76.2 Å². The highest BCUT2D eigenvalue weighted by Gasteiger charge is 2.26. The first kappa shape index (κ1) is 42.3. The summed E-state index contributed by atoms with van der Waals surface area (Å²) in [6, 6.07) is 51.9. The molecule has 4 heteroatoms. The summed E-state index contributed by atoms with van der Waals surface area (Å²) in [5.41, 5.74) is 30.3. The lowest BCUT2D eigenvalue weighted by Gasteiger charge is -2.29. The lowest BCUT2D eigenvalue weighted by atomic mass is 9.99. The maximum atomic E-state index is 2.56. The largest absolute Gasteiger partial charge is 0.310 e. The molecule has 0 amide bonds. The van der Waals surface area contributed by atoms with Crippen LogP contribution in [0, 0.1) is 83.1 Å². The molecule has 0 N–H and O–H groups in total. The zero-order chi connectivity index (χ0) is 48.3. The van der Waals surface area contributed by atoms with Gasteiger partial charge in [0, 0.05) is 77.2 Å². The van der Waals surface area contributed by atoms with Gasteiger partial charge in [-0.15, -0.1) is 0 Å². The molecule has 9 aromatic carbocycles. The zero-order valence-electron chi connectivity index (χ0n) is 42.5. The van der Waals surface area contributed by atoms with Crippen LogP contribution in [0.3, 0.4) is 0 Å². The highest BCUT2D eigenvalue weighted by atomic mass is 15.2. The predicted octanol–water partition coefficient (Wildman–Crippen LogP) is 18.6. The molecular weight excluding hydrogens is 849 g/mol. The van der Waals surface area contributed by atoms with E-state index in [9.17, 15) is 0 Å². The first-order valence-electron chi connectivity index (χ1n) is 24.9. The minimum absolute atomic E-state index is 1.15. The van der Waals surface area contributed by atoms with Crippen molar-refractivity contribution in [1.29, 1.82) is 0 Å². The van der Waals surface area contributed by atoms with Crippen molar-refractivity contribution in [3.05, 3.63) is 200 Å². The van der Waals surface area contributed by atoms with E-state index in [-0.39, 0.29) is 0 Å². The smallest absolute Gasteiger partial charge is 0.0620 e. The molecule has 4 nitrogen and oxygen atoms in total. The van der Waals surface area contributed by atoms with Gasteiger partial charge in [0.15, 0.2) is 0 Å². The van der Waals surface area contributed by atoms with Crippen molar-refractivity contribution in [2.24, 2.45) is 0 Å². The molecule has 0 aliphatic heterocycles. The fraction of sp³-hybridized carbons (Fsp3) is 0.182. The van der Waals surface area contributed by atoms with Crippen molar-refractivity contribution >= 4 is 110 Å². The molecule has 0 saturated heterocycles. The third kappa shape index (κ3) is 5.83. The number of hydrogen-bond acceptors (Lipinski definition) is 2. The molecule has 4 aromatic heterocycles. The van der Waals surface area contributed by atoms with Crippen LogP contribution >= 0.6 is 0 Å². The van der Waals surface area contributed by atoms with E-state index in [2.05, 4.69) is 235 Å². The van der Waals surface area contributed by atoms with Gasteiger partial charge >= 0.3 is 0 Å². The second kappa shape index (κ2) is 14.8. The molecule has 342 valence electrons. The summed E-state index contributed by atoms with van der Waals surface area (Å²) in [5, 5.41) is 10.2. The molecule has 0 bridgehead atoms. The average molecular weight is 907 g/mol. The Kier molecular flexibility index (Phi) is 8.97. The number of aromatic nitrogens is 2. The van der Waals surface area contributed by atoms with E-state index in [0.29, 0.717) is 0 Å². The maximum Gasteiger partial charge on any atom is 0.0620 e. The van der Waals surface area contributed by atoms with Crippen LogP contribution < -0.4 is 9.80 Å². The van der Waals surface area contributed by atoms with Gasteiger partial charge in [0.1, 0.15) is 0 Å². The highest BCUT2D eigenvalue weighted by molar-refractivity contribution is 6.29. The second-order valence-electron chi connectivity index (χ2n) is 20.9. The molecule has 13 rings (SSSR count). The summed E-state index contributed by atoms with van der Waals surface area (Å²) >= 11 is 0. The summed E-state index contributed by atoms with van der Waals surface area (Å²) < 4.78 is 5.13. The average Bonchev–Trinajstić information content (AvgIpc) is 4.06. The molecule has 0 aliphatic carbocycles. The number of hydrogen-bond donors (Lipinski definition) is 0. The molecule has 0 radical (unpaired) electrons. The molecule has 0 saturated carbocycles. The number of para-hydroxylation sites is 2. The zero-order valence-corrected chi connectivity index (χ0v) is 42.5. The SMILES string of the molecule is Cc1cc(C)c(N(c2cc(C)c(C)c(C)c2)c2ccc3c4cccc5c6cc7c(cc6n(c3c2)c45)c2cccc3c4ccc(N(c5cc(C)c(C)c(C)c5)c5cc(C)c(C)c(C)c5)cc4n7c32)cc1C. The van der Waals surface area contributed by atoms with Gasteiger partial charge in [-0.1, -0.05) is 54.6 Å². The number of aryl methyl sites for hydroxylation is 9. The highest BCUT2D eigenvalue weighted by Crippen LogP contribution is 2.48. The number of benzene rings is 9. The topological polar surface area (TPSA) is 15.3 Å². The molecule has 13 aromatic rings. The van der Waals surface area contributed by atoms with Crippen molar-refractivity contribution in [2.75, 3.05) is 9.80 Å². The minimum atomic E-state index is 1.15. The second-order valence-corrected chi connectivity index (χ2v) is 20.9. The summed E-state index contributed by atoms with van der Waals surface area (Å²) in [5.74, 6) is 0. The molecule has 0 unspecified atom stereocenters. The van der Waals surface area contributed by atoms with Gasteiger partial charge in [0.25, 0.3) is 0 Å². The van der Waals surface area contributed by atoms with Gasteiger partial charge in [-0.2, -0.15) is 0 Å². The number of rotatable bonds is 6. The molecule has 0 fully saturated rings. The maximum absolute atomic E-state index is 2.56. The Hall–Kier alpha value is -7.82. The number of anilines is 6. The lowest BCUT2D eigenvalue weighted by Crippen LogP contribution is -2.13. The Bertz CT molecular complexity index is 4260. The van der Waals surface area contributed by atoms with Crippen molar-refractivity contribution in [3.8, 4) is 0 Å². The third-order valence-corrected chi connectivity index (χ3v) is 16.8. The normalized spacial score (nSPS) is 12.3. The van der Waals surface area contributed by atoms with E-state index in [4.69, 9.17) is 0 Å². The Morgan fingerprint density at radius 1 is 0.257 bits per heavy atom. The van der Waals surface area contributed by atoms with Crippen molar-refractivity contribution in [2.45, 2.75) is 83.1 Å². The van der Waals surface area contributed by atoms with E-state index >= 15 is 0 Å². The van der Waals surface area contributed by atoms with Gasteiger partial charge in [-0.25, -0.2) is 0 Å². The van der Waals surface area contributed by atoms with Crippen LogP contribution in [-0.4, -0.2) is 8.80 Å². The molecule has 4 heterocycles. The molecule has 0 atom stereocenters. The van der Waals surface area contributed by atoms with E-state index in [1.165, 1.54) is 166 Å². The Morgan fingerprint density at radius 2 is 0.600 bits per heavy atom. The van der Waals surface area contributed by atoms with Crippen LogP contribution in [0.5, 0.6) is 0 Å². The Labute approximate surface area is 410 Å². The van der Waals surface area contributed by atoms with Gasteiger partial charge in [-0.3, -0.25) is 0 Å². The molecule has 0 spiro atoms. The fourth-order valence-electron chi connectivity index (χ4n) is 12.2. The lowest BCUT2D eigenvalue weighted by molar-refractivity contribution is 1.19. The van der Waals surface area contributed by atoms with Gasteiger partial charge in [-0.05, 0) is 229 Å². The molecular formula is C66H58N4. The first-order valence-corrected chi connectivity index (χ1v) is 24.9. The van der Waals surface area contributed by atoms with Gasteiger partial charge in [0.05, 0.1) is 33.1 Å². The van der Waals surface area contributed by atoms with Crippen LogP contribution in [-0.2, 0) is 0 Å². The summed E-state index contributed by atoms with van der Waals surface area (Å²) in [7, 11) is 0. The summed E-state index contributed by atoms with van der Waals surface area (Å²) in [6.45, 7) is 26.8. The summed E-state index contributed by atoms with van der Waals surface area (Å²) in [4.78, 5) is 4.96. The Morgan fingerprint density at radius 3 is 1.01 bits per heavy atom. The van der Waals surface area contributed by atoms with Crippen molar-refractivity contribution in [1.82, 2.24) is 8.80 Å².